The molecule has 26 heavy (non-hydrogen) atoms. The van der Waals surface area contributed by atoms with Gasteiger partial charge in [0.25, 0.3) is 0 Å². The van der Waals surface area contributed by atoms with Gasteiger partial charge in [-0.25, -0.2) is 0 Å². The summed E-state index contributed by atoms with van der Waals surface area (Å²) in [5.41, 5.74) is 2.42. The van der Waals surface area contributed by atoms with Gasteiger partial charge in [0.1, 0.15) is 12.4 Å². The molecule has 0 fully saturated rings. The van der Waals surface area contributed by atoms with Crippen LogP contribution in [0.15, 0.2) is 61.2 Å². The second kappa shape index (κ2) is 10.9. The summed E-state index contributed by atoms with van der Waals surface area (Å²) in [6.07, 6.45) is 3.90. The molecule has 0 amide bonds. The minimum Gasteiger partial charge on any atom is -0.497 e. The van der Waals surface area contributed by atoms with E-state index >= 15 is 0 Å². The lowest BCUT2D eigenvalue weighted by Gasteiger charge is -2.07. The Morgan fingerprint density at radius 2 is 2.00 bits per heavy atom. The van der Waals surface area contributed by atoms with Gasteiger partial charge in [0.15, 0.2) is 5.78 Å². The Balaban J connectivity index is 2.01. The Morgan fingerprint density at radius 1 is 1.19 bits per heavy atom. The zero-order chi connectivity index (χ0) is 18.6. The third-order valence-corrected chi connectivity index (χ3v) is 3.85. The minimum absolute atomic E-state index is 0.0697. The lowest BCUT2D eigenvalue weighted by Crippen LogP contribution is -2.03. The summed E-state index contributed by atoms with van der Waals surface area (Å²) in [5, 5.41) is 0. The van der Waals surface area contributed by atoms with Gasteiger partial charge in [-0.1, -0.05) is 48.2 Å². The fourth-order valence-electron chi connectivity index (χ4n) is 2.46. The van der Waals surface area contributed by atoms with Crippen LogP contribution < -0.4 is 4.74 Å². The molecule has 134 valence electrons. The Kier molecular flexibility index (Phi) is 8.18. The summed E-state index contributed by atoms with van der Waals surface area (Å²) in [6.45, 7) is 4.52. The molecular formula is C23H24O3. The van der Waals surface area contributed by atoms with Gasteiger partial charge in [-0.05, 0) is 36.6 Å². The monoisotopic (exact) mass is 348 g/mol. The van der Waals surface area contributed by atoms with Crippen LogP contribution in [0, 0.1) is 11.8 Å². The number of rotatable bonds is 9. The van der Waals surface area contributed by atoms with Crippen molar-refractivity contribution in [3.05, 3.63) is 77.9 Å². The quantitative estimate of drug-likeness (QED) is 0.282. The fraction of sp³-hybridized carbons (Fsp3) is 0.261. The number of carbonyl (C=O) groups is 1. The Bertz CT molecular complexity index is 782. The molecule has 0 saturated heterocycles. The molecule has 0 atom stereocenters. The van der Waals surface area contributed by atoms with Crippen LogP contribution in [-0.4, -0.2) is 19.5 Å². The van der Waals surface area contributed by atoms with Crippen LogP contribution in [0.5, 0.6) is 5.75 Å². The molecule has 3 nitrogen and oxygen atoms in total. The van der Waals surface area contributed by atoms with Gasteiger partial charge in [-0.2, -0.15) is 0 Å². The van der Waals surface area contributed by atoms with Crippen molar-refractivity contribution in [3.8, 4) is 17.6 Å². The van der Waals surface area contributed by atoms with Crippen molar-refractivity contribution < 1.29 is 14.3 Å². The highest BCUT2D eigenvalue weighted by Gasteiger charge is 2.11. The minimum atomic E-state index is 0.0697. The SMILES string of the molecule is C=CCCCC(=O)c1cc(OC)ccc1C#CCOCc1ccccc1. The predicted molar refractivity (Wildman–Crippen MR) is 104 cm³/mol. The summed E-state index contributed by atoms with van der Waals surface area (Å²) in [4.78, 5) is 12.5. The first kappa shape index (κ1) is 19.5. The molecule has 0 aliphatic heterocycles. The molecule has 0 spiro atoms. The van der Waals surface area contributed by atoms with Crippen molar-refractivity contribution in [1.82, 2.24) is 0 Å². The van der Waals surface area contributed by atoms with E-state index in [1.54, 1.807) is 13.2 Å². The van der Waals surface area contributed by atoms with Crippen molar-refractivity contribution in [3.63, 3.8) is 0 Å². The molecule has 0 saturated carbocycles. The van der Waals surface area contributed by atoms with Gasteiger partial charge in [0, 0.05) is 17.5 Å². The van der Waals surface area contributed by atoms with E-state index in [0.29, 0.717) is 36.5 Å². The molecule has 2 aromatic rings. The normalized spacial score (nSPS) is 9.88. The topological polar surface area (TPSA) is 35.5 Å². The molecular weight excluding hydrogens is 324 g/mol. The van der Waals surface area contributed by atoms with Gasteiger partial charge in [-0.3, -0.25) is 4.79 Å². The van der Waals surface area contributed by atoms with Gasteiger partial charge in [-0.15, -0.1) is 6.58 Å². The molecule has 0 aliphatic carbocycles. The highest BCUT2D eigenvalue weighted by atomic mass is 16.5. The summed E-state index contributed by atoms with van der Waals surface area (Å²) in [6, 6.07) is 15.3. The lowest BCUT2D eigenvalue weighted by atomic mass is 9.99. The van der Waals surface area contributed by atoms with Crippen molar-refractivity contribution in [1.29, 1.82) is 0 Å². The summed E-state index contributed by atoms with van der Waals surface area (Å²) >= 11 is 0. The maximum absolute atomic E-state index is 12.5. The Labute approximate surface area is 155 Å². The average Bonchev–Trinajstić information content (AvgIpc) is 2.68. The molecule has 2 aromatic carbocycles. The van der Waals surface area contributed by atoms with Crippen LogP contribution in [0.4, 0.5) is 0 Å². The van der Waals surface area contributed by atoms with Gasteiger partial charge >= 0.3 is 0 Å². The predicted octanol–water partition coefficient (Wildman–Crippen LogP) is 4.80. The first-order valence-corrected chi connectivity index (χ1v) is 8.67. The number of hydrogen-bond acceptors (Lipinski definition) is 3. The zero-order valence-corrected chi connectivity index (χ0v) is 15.2. The van der Waals surface area contributed by atoms with Crippen LogP contribution >= 0.6 is 0 Å². The van der Waals surface area contributed by atoms with E-state index < -0.39 is 0 Å². The number of ketones is 1. The largest absolute Gasteiger partial charge is 0.497 e. The first-order valence-electron chi connectivity index (χ1n) is 8.67. The van der Waals surface area contributed by atoms with E-state index in [0.717, 1.165) is 18.4 Å². The molecule has 2 rings (SSSR count). The molecule has 0 aromatic heterocycles. The standard InChI is InChI=1S/C23H24O3/c1-3-4-6-13-23(24)22-17-21(25-2)15-14-20(22)12-9-16-26-18-19-10-7-5-8-11-19/h3,5,7-8,10-11,14-15,17H,1,4,6,13,16,18H2,2H3. The second-order valence-corrected chi connectivity index (χ2v) is 5.80. The zero-order valence-electron chi connectivity index (χ0n) is 15.2. The number of hydrogen-bond donors (Lipinski definition) is 0. The van der Waals surface area contributed by atoms with Gasteiger partial charge in [0.2, 0.25) is 0 Å². The van der Waals surface area contributed by atoms with Gasteiger partial charge in [0.05, 0.1) is 13.7 Å². The first-order chi connectivity index (χ1) is 12.7. The van der Waals surface area contributed by atoms with E-state index in [1.807, 2.05) is 48.5 Å². The van der Waals surface area contributed by atoms with Crippen molar-refractivity contribution in [2.24, 2.45) is 0 Å². The lowest BCUT2D eigenvalue weighted by molar-refractivity contribution is 0.0980. The summed E-state index contributed by atoms with van der Waals surface area (Å²) in [5.74, 6) is 6.77. The van der Waals surface area contributed by atoms with E-state index in [2.05, 4.69) is 18.4 Å². The van der Waals surface area contributed by atoms with Crippen LogP contribution in [0.1, 0.15) is 40.7 Å². The molecule has 0 radical (unpaired) electrons. The second-order valence-electron chi connectivity index (χ2n) is 5.80. The molecule has 0 unspecified atom stereocenters. The highest BCUT2D eigenvalue weighted by molar-refractivity contribution is 5.98. The van der Waals surface area contributed by atoms with Crippen LogP contribution in [0.25, 0.3) is 0 Å². The van der Waals surface area contributed by atoms with E-state index in [4.69, 9.17) is 9.47 Å². The maximum atomic E-state index is 12.5. The Hall–Kier alpha value is -2.83. The molecule has 0 heterocycles. The van der Waals surface area contributed by atoms with Crippen LogP contribution in [0.3, 0.4) is 0 Å². The van der Waals surface area contributed by atoms with Crippen LogP contribution in [0.2, 0.25) is 0 Å². The fourth-order valence-corrected chi connectivity index (χ4v) is 2.46. The van der Waals surface area contributed by atoms with Crippen LogP contribution in [-0.2, 0) is 11.3 Å². The number of ether oxygens (including phenoxy) is 2. The summed E-state index contributed by atoms with van der Waals surface area (Å²) in [7, 11) is 1.59. The average molecular weight is 348 g/mol. The van der Waals surface area contributed by atoms with Crippen molar-refractivity contribution in [2.75, 3.05) is 13.7 Å². The number of carbonyl (C=O) groups excluding carboxylic acids is 1. The number of benzene rings is 2. The Morgan fingerprint density at radius 3 is 2.73 bits per heavy atom. The van der Waals surface area contributed by atoms with Gasteiger partial charge < -0.3 is 9.47 Å². The summed E-state index contributed by atoms with van der Waals surface area (Å²) < 4.78 is 10.8. The third kappa shape index (κ3) is 6.23. The molecule has 0 bridgehead atoms. The van der Waals surface area contributed by atoms with E-state index in [9.17, 15) is 4.79 Å². The smallest absolute Gasteiger partial charge is 0.164 e. The van der Waals surface area contributed by atoms with E-state index in [-0.39, 0.29) is 5.78 Å². The molecule has 0 N–H and O–H groups in total. The number of methoxy groups -OCH3 is 1. The highest BCUT2D eigenvalue weighted by Crippen LogP contribution is 2.19. The molecule has 0 aliphatic rings. The molecule has 3 heteroatoms. The van der Waals surface area contributed by atoms with E-state index in [1.165, 1.54) is 0 Å². The third-order valence-electron chi connectivity index (χ3n) is 3.85. The number of Topliss-reactive ketones (excluding diaryl/α,β-unsaturated/α-hetero) is 1. The van der Waals surface area contributed by atoms with Crippen molar-refractivity contribution in [2.45, 2.75) is 25.9 Å². The number of unbranched alkanes of at least 4 members (excludes halogenated alkanes) is 1. The number of allylic oxidation sites excluding steroid dienone is 1. The van der Waals surface area contributed by atoms with Crippen molar-refractivity contribution >= 4 is 5.78 Å². The maximum Gasteiger partial charge on any atom is 0.164 e.